The van der Waals surface area contributed by atoms with Gasteiger partial charge in [-0.15, -0.1) is 11.3 Å². The van der Waals surface area contributed by atoms with E-state index in [4.69, 9.17) is 0 Å². The van der Waals surface area contributed by atoms with E-state index in [9.17, 15) is 9.59 Å². The molecule has 112 valence electrons. The molecule has 2 amide bonds. The standard InChI is InChI=1S/C14H17N3O2S2/c18-12(16-14-15-5-8-21-14)10-3-1-6-17(9-10)13(19)11-4-2-7-20-11/h2,4,7,10H,1,3,5-6,8-9H2,(H,15,16,18). The fourth-order valence-electron chi connectivity index (χ4n) is 2.55. The number of amidine groups is 1. The Morgan fingerprint density at radius 1 is 1.43 bits per heavy atom. The van der Waals surface area contributed by atoms with Gasteiger partial charge in [0.05, 0.1) is 17.3 Å². The number of carbonyl (C=O) groups is 2. The third kappa shape index (κ3) is 3.47. The molecule has 7 heteroatoms. The van der Waals surface area contributed by atoms with E-state index < -0.39 is 0 Å². The van der Waals surface area contributed by atoms with Crippen molar-refractivity contribution in [2.75, 3.05) is 25.4 Å². The van der Waals surface area contributed by atoms with Crippen LogP contribution in [0.2, 0.25) is 0 Å². The normalized spacial score (nSPS) is 22.0. The van der Waals surface area contributed by atoms with Gasteiger partial charge in [-0.25, -0.2) is 0 Å². The smallest absolute Gasteiger partial charge is 0.263 e. The molecular weight excluding hydrogens is 306 g/mol. The van der Waals surface area contributed by atoms with Crippen LogP contribution in [0, 0.1) is 5.92 Å². The van der Waals surface area contributed by atoms with Crippen LogP contribution in [0.1, 0.15) is 22.5 Å². The summed E-state index contributed by atoms with van der Waals surface area (Å²) in [5, 5.41) is 5.50. The summed E-state index contributed by atoms with van der Waals surface area (Å²) in [6.07, 6.45) is 1.70. The number of piperidine rings is 1. The van der Waals surface area contributed by atoms with Crippen LogP contribution in [0.15, 0.2) is 22.5 Å². The fourth-order valence-corrected chi connectivity index (χ4v) is 3.97. The zero-order chi connectivity index (χ0) is 14.7. The average molecular weight is 323 g/mol. The molecule has 21 heavy (non-hydrogen) atoms. The highest BCUT2D eigenvalue weighted by molar-refractivity contribution is 8.14. The summed E-state index contributed by atoms with van der Waals surface area (Å²) in [5.41, 5.74) is 0. The van der Waals surface area contributed by atoms with Crippen molar-refractivity contribution in [1.82, 2.24) is 10.2 Å². The van der Waals surface area contributed by atoms with E-state index in [1.807, 2.05) is 17.5 Å². The van der Waals surface area contributed by atoms with Crippen LogP contribution in [0.5, 0.6) is 0 Å². The molecule has 2 aliphatic heterocycles. The molecule has 0 saturated carbocycles. The van der Waals surface area contributed by atoms with Crippen molar-refractivity contribution in [2.24, 2.45) is 10.9 Å². The molecule has 1 fully saturated rings. The first-order valence-electron chi connectivity index (χ1n) is 7.05. The van der Waals surface area contributed by atoms with E-state index >= 15 is 0 Å². The summed E-state index contributed by atoms with van der Waals surface area (Å²) >= 11 is 3.03. The van der Waals surface area contributed by atoms with Gasteiger partial charge in [-0.05, 0) is 24.3 Å². The van der Waals surface area contributed by atoms with E-state index in [1.165, 1.54) is 11.3 Å². The van der Waals surface area contributed by atoms with Gasteiger partial charge in [-0.3, -0.25) is 14.6 Å². The molecule has 0 spiro atoms. The zero-order valence-corrected chi connectivity index (χ0v) is 13.2. The second-order valence-corrected chi connectivity index (χ2v) is 7.12. The minimum absolute atomic E-state index is 0.00757. The number of hydrogen-bond donors (Lipinski definition) is 1. The minimum atomic E-state index is -0.133. The minimum Gasteiger partial charge on any atom is -0.337 e. The SMILES string of the molecule is O=C(NC1=NCCS1)C1CCCN(C(=O)c2cccs2)C1. The maximum absolute atomic E-state index is 12.4. The van der Waals surface area contributed by atoms with Gasteiger partial charge >= 0.3 is 0 Å². The molecule has 3 heterocycles. The number of hydrogen-bond acceptors (Lipinski definition) is 5. The van der Waals surface area contributed by atoms with E-state index in [2.05, 4.69) is 10.3 Å². The Balaban J connectivity index is 1.60. The lowest BCUT2D eigenvalue weighted by Gasteiger charge is -2.31. The Morgan fingerprint density at radius 3 is 3.05 bits per heavy atom. The molecule has 1 aromatic heterocycles. The van der Waals surface area contributed by atoms with Crippen LogP contribution in [-0.4, -0.2) is 47.3 Å². The maximum Gasteiger partial charge on any atom is 0.263 e. The van der Waals surface area contributed by atoms with Crippen molar-refractivity contribution in [2.45, 2.75) is 12.8 Å². The highest BCUT2D eigenvalue weighted by Crippen LogP contribution is 2.21. The monoisotopic (exact) mass is 323 g/mol. The first kappa shape index (κ1) is 14.6. The Hall–Kier alpha value is -1.34. The summed E-state index contributed by atoms with van der Waals surface area (Å²) in [6, 6.07) is 3.71. The number of rotatable bonds is 2. The molecule has 0 aromatic carbocycles. The molecule has 0 aliphatic carbocycles. The summed E-state index contributed by atoms with van der Waals surface area (Å²) in [6.45, 7) is 2.00. The van der Waals surface area contributed by atoms with Gasteiger partial charge in [-0.1, -0.05) is 17.8 Å². The number of carbonyl (C=O) groups excluding carboxylic acids is 2. The third-order valence-corrected chi connectivity index (χ3v) is 5.38. The lowest BCUT2D eigenvalue weighted by atomic mass is 9.97. The Labute approximate surface area is 131 Å². The first-order valence-corrected chi connectivity index (χ1v) is 8.91. The molecule has 1 aromatic rings. The summed E-state index contributed by atoms with van der Waals surface area (Å²) in [5.74, 6) is 0.831. The molecule has 1 N–H and O–H groups in total. The molecule has 5 nitrogen and oxygen atoms in total. The number of thioether (sulfide) groups is 1. The second kappa shape index (κ2) is 6.62. The molecule has 1 atom stereocenters. The van der Waals surface area contributed by atoms with Crippen molar-refractivity contribution < 1.29 is 9.59 Å². The number of nitrogens with one attached hydrogen (secondary N) is 1. The van der Waals surface area contributed by atoms with Crippen LogP contribution in [-0.2, 0) is 4.79 Å². The molecule has 1 unspecified atom stereocenters. The highest BCUT2D eigenvalue weighted by atomic mass is 32.2. The van der Waals surface area contributed by atoms with E-state index in [0.717, 1.165) is 41.7 Å². The van der Waals surface area contributed by atoms with Gasteiger partial charge in [0.2, 0.25) is 5.91 Å². The Morgan fingerprint density at radius 2 is 2.33 bits per heavy atom. The fraction of sp³-hybridized carbons (Fsp3) is 0.500. The Bertz CT molecular complexity index is 557. The van der Waals surface area contributed by atoms with Gasteiger partial charge in [0, 0.05) is 18.8 Å². The third-order valence-electron chi connectivity index (χ3n) is 3.63. The van der Waals surface area contributed by atoms with E-state index in [-0.39, 0.29) is 17.7 Å². The molecule has 0 bridgehead atoms. The van der Waals surface area contributed by atoms with Gasteiger partial charge in [0.25, 0.3) is 5.91 Å². The lowest BCUT2D eigenvalue weighted by Crippen LogP contribution is -2.46. The summed E-state index contributed by atoms with van der Waals surface area (Å²) in [7, 11) is 0. The lowest BCUT2D eigenvalue weighted by molar-refractivity contribution is -0.124. The van der Waals surface area contributed by atoms with Crippen LogP contribution in [0.3, 0.4) is 0 Å². The van der Waals surface area contributed by atoms with E-state index in [0.29, 0.717) is 6.54 Å². The van der Waals surface area contributed by atoms with Crippen molar-refractivity contribution in [3.05, 3.63) is 22.4 Å². The van der Waals surface area contributed by atoms with Gasteiger partial charge in [0.15, 0.2) is 5.17 Å². The largest absolute Gasteiger partial charge is 0.337 e. The van der Waals surface area contributed by atoms with Crippen molar-refractivity contribution in [3.63, 3.8) is 0 Å². The first-order chi connectivity index (χ1) is 10.2. The molecule has 3 rings (SSSR count). The van der Waals surface area contributed by atoms with Crippen molar-refractivity contribution in [3.8, 4) is 0 Å². The molecule has 0 radical (unpaired) electrons. The quantitative estimate of drug-likeness (QED) is 0.903. The highest BCUT2D eigenvalue weighted by Gasteiger charge is 2.30. The average Bonchev–Trinajstić information content (AvgIpc) is 3.20. The molecule has 1 saturated heterocycles. The van der Waals surface area contributed by atoms with E-state index in [1.54, 1.807) is 16.7 Å². The van der Waals surface area contributed by atoms with Crippen LogP contribution in [0.4, 0.5) is 0 Å². The Kier molecular flexibility index (Phi) is 4.60. The van der Waals surface area contributed by atoms with Gasteiger partial charge < -0.3 is 10.2 Å². The predicted octanol–water partition coefficient (Wildman–Crippen LogP) is 1.82. The molecular formula is C14H17N3O2S2. The molecule has 2 aliphatic rings. The van der Waals surface area contributed by atoms with Crippen molar-refractivity contribution in [1.29, 1.82) is 0 Å². The van der Waals surface area contributed by atoms with Crippen molar-refractivity contribution >= 4 is 40.1 Å². The topological polar surface area (TPSA) is 61.8 Å². The number of nitrogens with zero attached hydrogens (tertiary/aromatic N) is 2. The van der Waals surface area contributed by atoms with Crippen LogP contribution in [0.25, 0.3) is 0 Å². The number of amides is 2. The van der Waals surface area contributed by atoms with Gasteiger partial charge in [0.1, 0.15) is 0 Å². The maximum atomic E-state index is 12.4. The van der Waals surface area contributed by atoms with Crippen LogP contribution >= 0.6 is 23.1 Å². The summed E-state index contributed by atoms with van der Waals surface area (Å²) < 4.78 is 0. The zero-order valence-electron chi connectivity index (χ0n) is 11.6. The number of thiophene rings is 1. The number of likely N-dealkylation sites (tertiary alicyclic amines) is 1. The predicted molar refractivity (Wildman–Crippen MR) is 85.8 cm³/mol. The summed E-state index contributed by atoms with van der Waals surface area (Å²) in [4.78, 5) is 31.4. The second-order valence-electron chi connectivity index (χ2n) is 5.09. The number of aliphatic imine (C=N–C) groups is 1. The van der Waals surface area contributed by atoms with Gasteiger partial charge in [-0.2, -0.15) is 0 Å². The van der Waals surface area contributed by atoms with Crippen LogP contribution < -0.4 is 5.32 Å².